The van der Waals surface area contributed by atoms with Gasteiger partial charge in [-0.15, -0.1) is 0 Å². The molecule has 1 aliphatic carbocycles. The summed E-state index contributed by atoms with van der Waals surface area (Å²) in [6.45, 7) is 5.58. The van der Waals surface area contributed by atoms with Crippen molar-refractivity contribution in [3.63, 3.8) is 0 Å². The number of nitrogens with one attached hydrogen (secondary N) is 1. The lowest BCUT2D eigenvalue weighted by molar-refractivity contribution is 0.109. The Balaban J connectivity index is 1.56. The molecule has 0 bridgehead atoms. The second-order valence-electron chi connectivity index (χ2n) is 4.58. The van der Waals surface area contributed by atoms with E-state index in [2.05, 4.69) is 12.2 Å². The molecule has 0 aromatic rings. The van der Waals surface area contributed by atoms with E-state index in [4.69, 9.17) is 4.74 Å². The highest BCUT2D eigenvalue weighted by Crippen LogP contribution is 2.43. The van der Waals surface area contributed by atoms with Gasteiger partial charge in [-0.05, 0) is 31.1 Å². The lowest BCUT2D eigenvalue weighted by Crippen LogP contribution is -2.30. The Kier molecular flexibility index (Phi) is 2.37. The summed E-state index contributed by atoms with van der Waals surface area (Å²) in [5, 5.41) is 3.50. The molecule has 2 rings (SSSR count). The van der Waals surface area contributed by atoms with E-state index in [1.807, 2.05) is 0 Å². The van der Waals surface area contributed by atoms with Crippen molar-refractivity contribution in [2.24, 2.45) is 5.41 Å². The van der Waals surface area contributed by atoms with Crippen LogP contribution in [-0.4, -0.2) is 25.8 Å². The van der Waals surface area contributed by atoms with Gasteiger partial charge >= 0.3 is 0 Å². The second-order valence-corrected chi connectivity index (χ2v) is 4.58. The zero-order valence-electron chi connectivity index (χ0n) is 7.94. The summed E-state index contributed by atoms with van der Waals surface area (Å²) in [6.07, 6.45) is 5.83. The summed E-state index contributed by atoms with van der Waals surface area (Å²) in [5.41, 5.74) is 0.638. The van der Waals surface area contributed by atoms with Crippen LogP contribution in [0.2, 0.25) is 0 Å². The smallest absolute Gasteiger partial charge is 0.0700 e. The van der Waals surface area contributed by atoms with Crippen LogP contribution < -0.4 is 5.32 Å². The first kappa shape index (κ1) is 8.52. The fraction of sp³-hybridized carbons (Fsp3) is 1.00. The van der Waals surface area contributed by atoms with Crippen LogP contribution >= 0.6 is 0 Å². The molecule has 0 amide bonds. The molecule has 2 fully saturated rings. The number of hydrogen-bond acceptors (Lipinski definition) is 2. The minimum Gasteiger partial charge on any atom is -0.377 e. The Morgan fingerprint density at radius 3 is 2.92 bits per heavy atom. The maximum absolute atomic E-state index is 5.53. The van der Waals surface area contributed by atoms with Gasteiger partial charge in [0.05, 0.1) is 6.10 Å². The molecular formula is C10H19NO. The molecule has 0 aromatic heterocycles. The van der Waals surface area contributed by atoms with Crippen LogP contribution in [0.1, 0.15) is 32.6 Å². The second kappa shape index (κ2) is 3.35. The Bertz CT molecular complexity index is 148. The Labute approximate surface area is 74.7 Å². The van der Waals surface area contributed by atoms with Crippen LogP contribution in [0.25, 0.3) is 0 Å². The summed E-state index contributed by atoms with van der Waals surface area (Å²) < 4.78 is 5.53. The molecule has 12 heavy (non-hydrogen) atoms. The van der Waals surface area contributed by atoms with Crippen molar-refractivity contribution in [1.82, 2.24) is 5.32 Å². The van der Waals surface area contributed by atoms with Gasteiger partial charge in [-0.2, -0.15) is 0 Å². The molecule has 1 saturated heterocycles. The fourth-order valence-electron chi connectivity index (χ4n) is 1.73. The molecule has 1 heterocycles. The molecule has 1 atom stereocenters. The van der Waals surface area contributed by atoms with E-state index in [0.29, 0.717) is 11.5 Å². The third-order valence-electron chi connectivity index (χ3n) is 3.05. The highest BCUT2D eigenvalue weighted by atomic mass is 16.5. The maximum Gasteiger partial charge on any atom is 0.0700 e. The molecule has 70 valence electrons. The molecular weight excluding hydrogens is 150 g/mol. The summed E-state index contributed by atoms with van der Waals surface area (Å²) in [5.74, 6) is 0. The standard InChI is InChI=1S/C10H19NO/c1-10(4-5-10)8-11-7-9-3-2-6-12-9/h9,11H,2-8H2,1H3. The first-order valence-electron chi connectivity index (χ1n) is 5.11. The van der Waals surface area contributed by atoms with Crippen molar-refractivity contribution in [3.05, 3.63) is 0 Å². The third-order valence-corrected chi connectivity index (χ3v) is 3.05. The van der Waals surface area contributed by atoms with Crippen molar-refractivity contribution in [1.29, 1.82) is 0 Å². The van der Waals surface area contributed by atoms with Gasteiger partial charge in [-0.1, -0.05) is 6.92 Å². The lowest BCUT2D eigenvalue weighted by Gasteiger charge is -2.13. The molecule has 1 unspecified atom stereocenters. The monoisotopic (exact) mass is 169 g/mol. The zero-order valence-corrected chi connectivity index (χ0v) is 7.94. The summed E-state index contributed by atoms with van der Waals surface area (Å²) in [6, 6.07) is 0. The first-order chi connectivity index (χ1) is 5.79. The molecule has 2 nitrogen and oxygen atoms in total. The van der Waals surface area contributed by atoms with Crippen LogP contribution in [0.4, 0.5) is 0 Å². The van der Waals surface area contributed by atoms with E-state index in [9.17, 15) is 0 Å². The topological polar surface area (TPSA) is 21.3 Å². The predicted molar refractivity (Wildman–Crippen MR) is 49.2 cm³/mol. The van der Waals surface area contributed by atoms with Crippen molar-refractivity contribution in [2.45, 2.75) is 38.7 Å². The van der Waals surface area contributed by atoms with Gasteiger partial charge in [0, 0.05) is 19.7 Å². The molecule has 2 heteroatoms. The van der Waals surface area contributed by atoms with Gasteiger partial charge < -0.3 is 10.1 Å². The summed E-state index contributed by atoms with van der Waals surface area (Å²) in [7, 11) is 0. The van der Waals surface area contributed by atoms with Crippen molar-refractivity contribution < 1.29 is 4.74 Å². The van der Waals surface area contributed by atoms with E-state index in [1.54, 1.807) is 0 Å². The summed E-state index contributed by atoms with van der Waals surface area (Å²) in [4.78, 5) is 0. The number of rotatable bonds is 4. The van der Waals surface area contributed by atoms with Crippen LogP contribution in [0.3, 0.4) is 0 Å². The van der Waals surface area contributed by atoms with Crippen LogP contribution in [0.5, 0.6) is 0 Å². The molecule has 1 N–H and O–H groups in total. The number of hydrogen-bond donors (Lipinski definition) is 1. The normalized spacial score (nSPS) is 32.2. The van der Waals surface area contributed by atoms with Crippen LogP contribution in [0, 0.1) is 5.41 Å². The highest BCUT2D eigenvalue weighted by molar-refractivity contribution is 4.90. The van der Waals surface area contributed by atoms with E-state index in [0.717, 1.165) is 13.2 Å². The lowest BCUT2D eigenvalue weighted by atomic mass is 10.1. The molecule has 0 aromatic carbocycles. The average molecular weight is 169 g/mol. The minimum absolute atomic E-state index is 0.507. The van der Waals surface area contributed by atoms with Crippen LogP contribution in [-0.2, 0) is 4.74 Å². The highest BCUT2D eigenvalue weighted by Gasteiger charge is 2.36. The SMILES string of the molecule is CC1(CNCC2CCCO2)CC1. The molecule has 0 spiro atoms. The maximum atomic E-state index is 5.53. The van der Waals surface area contributed by atoms with Gasteiger partial charge in [-0.25, -0.2) is 0 Å². The fourth-order valence-corrected chi connectivity index (χ4v) is 1.73. The van der Waals surface area contributed by atoms with E-state index < -0.39 is 0 Å². The molecule has 0 radical (unpaired) electrons. The van der Waals surface area contributed by atoms with Crippen LogP contribution in [0.15, 0.2) is 0 Å². The Hall–Kier alpha value is -0.0800. The van der Waals surface area contributed by atoms with Gasteiger partial charge in [0.25, 0.3) is 0 Å². The first-order valence-corrected chi connectivity index (χ1v) is 5.11. The Morgan fingerprint density at radius 2 is 2.33 bits per heavy atom. The van der Waals surface area contributed by atoms with Gasteiger partial charge in [0.2, 0.25) is 0 Å². The molecule has 1 aliphatic heterocycles. The zero-order chi connectivity index (χ0) is 8.44. The van der Waals surface area contributed by atoms with Crippen molar-refractivity contribution in [2.75, 3.05) is 19.7 Å². The number of ether oxygens (including phenoxy) is 1. The largest absolute Gasteiger partial charge is 0.377 e. The van der Waals surface area contributed by atoms with Gasteiger partial charge in [0.1, 0.15) is 0 Å². The van der Waals surface area contributed by atoms with E-state index >= 15 is 0 Å². The van der Waals surface area contributed by atoms with Gasteiger partial charge in [0.15, 0.2) is 0 Å². The van der Waals surface area contributed by atoms with E-state index in [-0.39, 0.29) is 0 Å². The van der Waals surface area contributed by atoms with Crippen molar-refractivity contribution >= 4 is 0 Å². The summed E-state index contributed by atoms with van der Waals surface area (Å²) >= 11 is 0. The quantitative estimate of drug-likeness (QED) is 0.689. The van der Waals surface area contributed by atoms with Gasteiger partial charge in [-0.3, -0.25) is 0 Å². The molecule has 2 aliphatic rings. The van der Waals surface area contributed by atoms with Crippen molar-refractivity contribution in [3.8, 4) is 0 Å². The molecule has 1 saturated carbocycles. The average Bonchev–Trinajstić information content (AvgIpc) is 2.61. The minimum atomic E-state index is 0.507. The van der Waals surface area contributed by atoms with E-state index in [1.165, 1.54) is 32.2 Å². The third kappa shape index (κ3) is 2.20. The Morgan fingerprint density at radius 1 is 1.50 bits per heavy atom. The predicted octanol–water partition coefficient (Wildman–Crippen LogP) is 1.56.